The topological polar surface area (TPSA) is 29.1 Å². The second-order valence-corrected chi connectivity index (χ2v) is 5.29. The standard InChI is InChI=1S/C13H18INO/c1-4-9(2)10(3)15-13(16)11-7-5-6-8-12(11)14/h5-10H,4H2,1-3H3,(H,15,16). The molecule has 0 saturated carbocycles. The number of halogens is 1. The Bertz CT molecular complexity index is 365. The normalized spacial score (nSPS) is 14.2. The number of hydrogen-bond donors (Lipinski definition) is 1. The second-order valence-electron chi connectivity index (χ2n) is 4.13. The number of carbonyl (C=O) groups excluding carboxylic acids is 1. The van der Waals surface area contributed by atoms with E-state index in [1.54, 1.807) is 0 Å². The molecule has 0 heterocycles. The lowest BCUT2D eigenvalue weighted by Gasteiger charge is -2.20. The third kappa shape index (κ3) is 3.47. The molecular formula is C13H18INO. The number of carbonyl (C=O) groups is 1. The molecule has 1 rings (SSSR count). The second kappa shape index (κ2) is 6.23. The van der Waals surface area contributed by atoms with Crippen LogP contribution in [0.5, 0.6) is 0 Å². The van der Waals surface area contributed by atoms with Crippen LogP contribution < -0.4 is 5.32 Å². The molecular weight excluding hydrogens is 313 g/mol. The molecule has 0 spiro atoms. The van der Waals surface area contributed by atoms with Crippen LogP contribution in [0.4, 0.5) is 0 Å². The molecule has 0 radical (unpaired) electrons. The average Bonchev–Trinajstić information content (AvgIpc) is 2.28. The van der Waals surface area contributed by atoms with Crippen LogP contribution in [0.1, 0.15) is 37.6 Å². The Balaban J connectivity index is 2.70. The summed E-state index contributed by atoms with van der Waals surface area (Å²) in [5.41, 5.74) is 0.762. The summed E-state index contributed by atoms with van der Waals surface area (Å²) in [7, 11) is 0. The predicted octanol–water partition coefficient (Wildman–Crippen LogP) is 3.46. The molecule has 1 aromatic carbocycles. The minimum absolute atomic E-state index is 0.0257. The van der Waals surface area contributed by atoms with Crippen molar-refractivity contribution in [3.8, 4) is 0 Å². The van der Waals surface area contributed by atoms with E-state index in [9.17, 15) is 4.79 Å². The maximum Gasteiger partial charge on any atom is 0.252 e. The molecule has 3 heteroatoms. The molecule has 1 aromatic rings. The van der Waals surface area contributed by atoms with E-state index in [1.807, 2.05) is 24.3 Å². The van der Waals surface area contributed by atoms with Crippen LogP contribution in [0, 0.1) is 9.49 Å². The van der Waals surface area contributed by atoms with E-state index in [1.165, 1.54) is 0 Å². The van der Waals surface area contributed by atoms with Gasteiger partial charge in [-0.3, -0.25) is 4.79 Å². The number of benzene rings is 1. The fourth-order valence-electron chi connectivity index (χ4n) is 1.43. The van der Waals surface area contributed by atoms with E-state index in [4.69, 9.17) is 0 Å². The number of rotatable bonds is 4. The van der Waals surface area contributed by atoms with E-state index in [-0.39, 0.29) is 11.9 Å². The predicted molar refractivity (Wildman–Crippen MR) is 75.5 cm³/mol. The van der Waals surface area contributed by atoms with Crippen LogP contribution in [0.25, 0.3) is 0 Å². The van der Waals surface area contributed by atoms with Gasteiger partial charge in [-0.25, -0.2) is 0 Å². The first-order chi connectivity index (χ1) is 7.56. The SMILES string of the molecule is CCC(C)C(C)NC(=O)c1ccccc1I. The third-order valence-electron chi connectivity index (χ3n) is 2.97. The number of nitrogens with one attached hydrogen (secondary N) is 1. The highest BCUT2D eigenvalue weighted by atomic mass is 127. The van der Waals surface area contributed by atoms with Crippen LogP contribution in [-0.4, -0.2) is 11.9 Å². The molecule has 1 amide bonds. The Hall–Kier alpha value is -0.580. The molecule has 0 aliphatic rings. The molecule has 2 nitrogen and oxygen atoms in total. The van der Waals surface area contributed by atoms with E-state index in [0.717, 1.165) is 15.6 Å². The summed E-state index contributed by atoms with van der Waals surface area (Å²) in [5, 5.41) is 3.04. The van der Waals surface area contributed by atoms with E-state index in [2.05, 4.69) is 48.7 Å². The molecule has 2 atom stereocenters. The van der Waals surface area contributed by atoms with Crippen LogP contribution in [-0.2, 0) is 0 Å². The highest BCUT2D eigenvalue weighted by Crippen LogP contribution is 2.13. The van der Waals surface area contributed by atoms with Gasteiger partial charge in [-0.05, 0) is 47.6 Å². The van der Waals surface area contributed by atoms with Gasteiger partial charge in [0, 0.05) is 9.61 Å². The summed E-state index contributed by atoms with van der Waals surface area (Å²) >= 11 is 2.19. The highest BCUT2D eigenvalue weighted by Gasteiger charge is 2.15. The molecule has 0 fully saturated rings. The zero-order chi connectivity index (χ0) is 12.1. The number of hydrogen-bond acceptors (Lipinski definition) is 1. The van der Waals surface area contributed by atoms with Crippen molar-refractivity contribution < 1.29 is 4.79 Å². The van der Waals surface area contributed by atoms with Crippen LogP contribution in [0.3, 0.4) is 0 Å². The van der Waals surface area contributed by atoms with Gasteiger partial charge in [0.2, 0.25) is 0 Å². The molecule has 0 bridgehead atoms. The maximum atomic E-state index is 12.0. The molecule has 0 aliphatic carbocycles. The summed E-state index contributed by atoms with van der Waals surface area (Å²) < 4.78 is 0.994. The van der Waals surface area contributed by atoms with Crippen molar-refractivity contribution >= 4 is 28.5 Å². The first kappa shape index (κ1) is 13.5. The minimum atomic E-state index is 0.0257. The van der Waals surface area contributed by atoms with E-state index in [0.29, 0.717) is 5.92 Å². The van der Waals surface area contributed by atoms with Gasteiger partial charge >= 0.3 is 0 Å². The van der Waals surface area contributed by atoms with Gasteiger partial charge in [0.1, 0.15) is 0 Å². The van der Waals surface area contributed by atoms with Crippen molar-refractivity contribution in [3.05, 3.63) is 33.4 Å². The minimum Gasteiger partial charge on any atom is -0.349 e. The van der Waals surface area contributed by atoms with Crippen LogP contribution in [0.15, 0.2) is 24.3 Å². The summed E-state index contributed by atoms with van der Waals surface area (Å²) in [6, 6.07) is 7.86. The lowest BCUT2D eigenvalue weighted by molar-refractivity contribution is 0.0927. The lowest BCUT2D eigenvalue weighted by Crippen LogP contribution is -2.37. The summed E-state index contributed by atoms with van der Waals surface area (Å²) in [6.45, 7) is 6.35. The van der Waals surface area contributed by atoms with Gasteiger partial charge in [0.25, 0.3) is 5.91 Å². The van der Waals surface area contributed by atoms with Gasteiger partial charge in [0.15, 0.2) is 0 Å². The van der Waals surface area contributed by atoms with Crippen molar-refractivity contribution in [3.63, 3.8) is 0 Å². The fraction of sp³-hybridized carbons (Fsp3) is 0.462. The van der Waals surface area contributed by atoms with Gasteiger partial charge < -0.3 is 5.32 Å². The van der Waals surface area contributed by atoms with E-state index >= 15 is 0 Å². The van der Waals surface area contributed by atoms with Crippen molar-refractivity contribution in [1.82, 2.24) is 5.32 Å². The Morgan fingerprint density at radius 3 is 2.56 bits per heavy atom. The Kier molecular flexibility index (Phi) is 5.25. The number of amides is 1. The molecule has 16 heavy (non-hydrogen) atoms. The molecule has 1 N–H and O–H groups in total. The molecule has 2 unspecified atom stereocenters. The Morgan fingerprint density at radius 2 is 2.00 bits per heavy atom. The quantitative estimate of drug-likeness (QED) is 0.841. The molecule has 0 saturated heterocycles. The van der Waals surface area contributed by atoms with E-state index < -0.39 is 0 Å². The zero-order valence-corrected chi connectivity index (χ0v) is 12.1. The van der Waals surface area contributed by atoms with Gasteiger partial charge in [0.05, 0.1) is 5.56 Å². The van der Waals surface area contributed by atoms with Gasteiger partial charge in [-0.1, -0.05) is 32.4 Å². The van der Waals surface area contributed by atoms with Crippen molar-refractivity contribution in [2.24, 2.45) is 5.92 Å². The Labute approximate surface area is 111 Å². The summed E-state index contributed by atoms with van der Waals surface area (Å²) in [6.07, 6.45) is 1.08. The van der Waals surface area contributed by atoms with Gasteiger partial charge in [-0.15, -0.1) is 0 Å². The first-order valence-electron chi connectivity index (χ1n) is 5.61. The first-order valence-corrected chi connectivity index (χ1v) is 6.69. The van der Waals surface area contributed by atoms with Crippen LogP contribution in [0.2, 0.25) is 0 Å². The van der Waals surface area contributed by atoms with Gasteiger partial charge in [-0.2, -0.15) is 0 Å². The summed E-state index contributed by atoms with van der Waals surface area (Å²) in [4.78, 5) is 12.0. The monoisotopic (exact) mass is 331 g/mol. The highest BCUT2D eigenvalue weighted by molar-refractivity contribution is 14.1. The summed E-state index contributed by atoms with van der Waals surface area (Å²) in [5.74, 6) is 0.531. The largest absolute Gasteiger partial charge is 0.349 e. The Morgan fingerprint density at radius 1 is 1.38 bits per heavy atom. The zero-order valence-electron chi connectivity index (χ0n) is 9.96. The van der Waals surface area contributed by atoms with Crippen molar-refractivity contribution in [1.29, 1.82) is 0 Å². The van der Waals surface area contributed by atoms with Crippen molar-refractivity contribution in [2.75, 3.05) is 0 Å². The lowest BCUT2D eigenvalue weighted by atomic mass is 10.0. The molecule has 0 aliphatic heterocycles. The van der Waals surface area contributed by atoms with Crippen molar-refractivity contribution in [2.45, 2.75) is 33.2 Å². The third-order valence-corrected chi connectivity index (χ3v) is 3.92. The fourth-order valence-corrected chi connectivity index (χ4v) is 2.06. The maximum absolute atomic E-state index is 12.0. The molecule has 88 valence electrons. The average molecular weight is 331 g/mol. The smallest absolute Gasteiger partial charge is 0.252 e. The molecule has 0 aromatic heterocycles. The van der Waals surface area contributed by atoms with Crippen LogP contribution >= 0.6 is 22.6 Å².